The first-order valence-electron chi connectivity index (χ1n) is 18.8. The van der Waals surface area contributed by atoms with E-state index in [0.29, 0.717) is 47.5 Å². The molecule has 3 atom stereocenters. The van der Waals surface area contributed by atoms with E-state index in [9.17, 15) is 24.3 Å². The van der Waals surface area contributed by atoms with E-state index in [1.807, 2.05) is 78.9 Å². The van der Waals surface area contributed by atoms with Crippen LogP contribution in [0.4, 0.5) is 0 Å². The number of nitrogens with zero attached hydrogens (tertiary/aromatic N) is 3. The van der Waals surface area contributed by atoms with Crippen molar-refractivity contribution in [2.24, 2.45) is 0 Å². The molecule has 1 N–H and O–H groups in total. The number of aromatic nitrogens is 2. The van der Waals surface area contributed by atoms with Crippen LogP contribution in [-0.4, -0.2) is 70.5 Å². The summed E-state index contributed by atoms with van der Waals surface area (Å²) in [6, 6.07) is 31.8. The number of ether oxygens (including phenoxy) is 4. The molecule has 2 amide bonds. The van der Waals surface area contributed by atoms with Crippen molar-refractivity contribution >= 4 is 11.8 Å². The molecule has 0 saturated carbocycles. The summed E-state index contributed by atoms with van der Waals surface area (Å²) in [4.78, 5) is 53.7. The Balaban J connectivity index is 1.08. The summed E-state index contributed by atoms with van der Waals surface area (Å²) in [5.41, 5.74) is 1.57. The summed E-state index contributed by atoms with van der Waals surface area (Å²) in [7, 11) is 3.22. The number of unbranched alkanes of at least 4 members (excludes halogenated alkanes) is 2. The van der Waals surface area contributed by atoms with E-state index in [1.165, 1.54) is 20.2 Å². The van der Waals surface area contributed by atoms with Gasteiger partial charge >= 0.3 is 5.69 Å². The SMILES string of the molecule is COc1ccc(C(OC[C@H]2O[C@@H](n3cc(C)c(=O)n(CCCCCN4C(=O)c5ccccc5C4=O)c3=O)C[C@@H]2O)(c2ccccc2)c2ccc(OC)cc2)cc1. The molecule has 1 saturated heterocycles. The fraction of sp³-hybridized carbons (Fsp3) is 0.318. The number of hydrogen-bond donors (Lipinski definition) is 1. The Labute approximate surface area is 324 Å². The van der Waals surface area contributed by atoms with E-state index in [2.05, 4.69) is 0 Å². The maximum atomic E-state index is 13.8. The fourth-order valence-electron chi connectivity index (χ4n) is 7.64. The number of imide groups is 1. The zero-order valence-corrected chi connectivity index (χ0v) is 31.6. The lowest BCUT2D eigenvalue weighted by atomic mass is 9.80. The molecule has 0 radical (unpaired) electrons. The molecule has 290 valence electrons. The number of methoxy groups -OCH3 is 2. The molecule has 0 unspecified atom stereocenters. The van der Waals surface area contributed by atoms with Crippen LogP contribution in [-0.2, 0) is 21.6 Å². The highest BCUT2D eigenvalue weighted by molar-refractivity contribution is 6.21. The zero-order chi connectivity index (χ0) is 39.4. The average molecular weight is 760 g/mol. The monoisotopic (exact) mass is 759 g/mol. The highest BCUT2D eigenvalue weighted by atomic mass is 16.6. The van der Waals surface area contributed by atoms with Gasteiger partial charge in [0.25, 0.3) is 17.4 Å². The molecule has 1 aromatic heterocycles. The number of carbonyl (C=O) groups excluding carboxylic acids is 2. The lowest BCUT2D eigenvalue weighted by Crippen LogP contribution is -2.42. The number of aryl methyl sites for hydroxylation is 1. The molecule has 0 bridgehead atoms. The molecule has 56 heavy (non-hydrogen) atoms. The lowest BCUT2D eigenvalue weighted by molar-refractivity contribution is -0.0946. The van der Waals surface area contributed by atoms with Crippen LogP contribution in [0.2, 0.25) is 0 Å². The van der Waals surface area contributed by atoms with Gasteiger partial charge in [0.05, 0.1) is 38.1 Å². The first kappa shape index (κ1) is 38.5. The third-order valence-corrected chi connectivity index (χ3v) is 10.7. The number of aliphatic hydroxyl groups excluding tert-OH is 1. The van der Waals surface area contributed by atoms with Gasteiger partial charge in [-0.25, -0.2) is 4.79 Å². The van der Waals surface area contributed by atoms with Gasteiger partial charge in [-0.2, -0.15) is 0 Å². The lowest BCUT2D eigenvalue weighted by Gasteiger charge is -2.37. The van der Waals surface area contributed by atoms with E-state index in [4.69, 9.17) is 18.9 Å². The van der Waals surface area contributed by atoms with E-state index < -0.39 is 35.3 Å². The van der Waals surface area contributed by atoms with E-state index in [0.717, 1.165) is 16.7 Å². The van der Waals surface area contributed by atoms with Crippen LogP contribution in [0.15, 0.2) is 119 Å². The molecule has 1 fully saturated rings. The van der Waals surface area contributed by atoms with Gasteiger partial charge in [0, 0.05) is 31.3 Å². The summed E-state index contributed by atoms with van der Waals surface area (Å²) >= 11 is 0. The van der Waals surface area contributed by atoms with Gasteiger partial charge in [-0.3, -0.25) is 28.4 Å². The second-order valence-corrected chi connectivity index (χ2v) is 14.1. The number of rotatable bonds is 15. The molecule has 2 aliphatic heterocycles. The predicted molar refractivity (Wildman–Crippen MR) is 208 cm³/mol. The quantitative estimate of drug-likeness (QED) is 0.0838. The maximum Gasteiger partial charge on any atom is 0.333 e. The Morgan fingerprint density at radius 2 is 1.25 bits per heavy atom. The number of aliphatic hydroxyl groups is 1. The van der Waals surface area contributed by atoms with Gasteiger partial charge < -0.3 is 24.1 Å². The molecule has 5 aromatic rings. The van der Waals surface area contributed by atoms with Crippen molar-refractivity contribution in [3.05, 3.63) is 164 Å². The summed E-state index contributed by atoms with van der Waals surface area (Å²) in [6.45, 7) is 2.00. The van der Waals surface area contributed by atoms with Crippen LogP contribution in [0, 0.1) is 6.92 Å². The highest BCUT2D eigenvalue weighted by Crippen LogP contribution is 2.42. The second-order valence-electron chi connectivity index (χ2n) is 14.1. The third-order valence-electron chi connectivity index (χ3n) is 10.7. The van der Waals surface area contributed by atoms with Crippen molar-refractivity contribution in [1.82, 2.24) is 14.0 Å². The fourth-order valence-corrected chi connectivity index (χ4v) is 7.64. The number of carbonyl (C=O) groups is 2. The van der Waals surface area contributed by atoms with Crippen molar-refractivity contribution in [2.75, 3.05) is 27.4 Å². The standard InChI is InChI=1S/C44H45N3O9/c1-29-27-47(43(52)46(40(29)49)25-11-5-10-24-45-41(50)35-14-8-9-15-36(35)42(45)51)39-26-37(48)38(56-39)28-55-44(30-12-6-4-7-13-30,31-16-20-33(53-2)21-17-31)32-18-22-34(54-3)23-19-32/h4,6-9,12-23,27,37-39,48H,5,10-11,24-26,28H2,1-3H3/t37-,38+,39+/m0/s1. The van der Waals surface area contributed by atoms with Gasteiger partial charge in [-0.1, -0.05) is 66.7 Å². The molecule has 4 aromatic carbocycles. The maximum absolute atomic E-state index is 13.8. The van der Waals surface area contributed by atoms with Gasteiger partial charge in [0.15, 0.2) is 0 Å². The predicted octanol–water partition coefficient (Wildman–Crippen LogP) is 5.46. The Morgan fingerprint density at radius 1 is 0.714 bits per heavy atom. The minimum absolute atomic E-state index is 0.0366. The molecule has 0 spiro atoms. The summed E-state index contributed by atoms with van der Waals surface area (Å²) in [5.74, 6) is 0.758. The highest BCUT2D eigenvalue weighted by Gasteiger charge is 2.42. The van der Waals surface area contributed by atoms with E-state index in [-0.39, 0.29) is 37.9 Å². The smallest absolute Gasteiger partial charge is 0.333 e. The van der Waals surface area contributed by atoms with Crippen molar-refractivity contribution in [2.45, 2.75) is 63.2 Å². The number of fused-ring (bicyclic) bond motifs is 1. The molecular weight excluding hydrogens is 714 g/mol. The number of hydrogen-bond acceptors (Lipinski definition) is 9. The summed E-state index contributed by atoms with van der Waals surface area (Å²) in [5, 5.41) is 11.4. The van der Waals surface area contributed by atoms with Crippen LogP contribution in [0.3, 0.4) is 0 Å². The first-order valence-corrected chi connectivity index (χ1v) is 18.8. The topological polar surface area (TPSA) is 139 Å². The van der Waals surface area contributed by atoms with Crippen molar-refractivity contribution in [1.29, 1.82) is 0 Å². The van der Waals surface area contributed by atoms with Gasteiger partial charge in [0.2, 0.25) is 0 Å². The van der Waals surface area contributed by atoms with Crippen LogP contribution >= 0.6 is 0 Å². The Kier molecular flexibility index (Phi) is 11.3. The van der Waals surface area contributed by atoms with Crippen LogP contribution in [0.5, 0.6) is 11.5 Å². The van der Waals surface area contributed by atoms with Gasteiger partial charge in [0.1, 0.15) is 29.4 Å². The molecule has 2 aliphatic rings. The molecule has 0 aliphatic carbocycles. The third kappa shape index (κ3) is 7.30. The van der Waals surface area contributed by atoms with E-state index in [1.54, 1.807) is 45.4 Å². The Hall–Kier alpha value is -5.82. The van der Waals surface area contributed by atoms with E-state index >= 15 is 0 Å². The molecular formula is C44H45N3O9. The van der Waals surface area contributed by atoms with Crippen molar-refractivity contribution in [3.8, 4) is 11.5 Å². The molecule has 12 heteroatoms. The normalized spacial score (nSPS) is 18.0. The second kappa shape index (κ2) is 16.5. The Morgan fingerprint density at radius 3 is 1.82 bits per heavy atom. The van der Waals surface area contributed by atoms with Gasteiger partial charge in [-0.05, 0) is 79.3 Å². The summed E-state index contributed by atoms with van der Waals surface area (Å²) in [6.07, 6.45) is 0.532. The zero-order valence-electron chi connectivity index (χ0n) is 31.6. The minimum atomic E-state index is -1.14. The van der Waals surface area contributed by atoms with Crippen molar-refractivity contribution < 1.29 is 33.6 Å². The molecule has 7 rings (SSSR count). The van der Waals surface area contributed by atoms with Gasteiger partial charge in [-0.15, -0.1) is 0 Å². The molecule has 3 heterocycles. The van der Waals surface area contributed by atoms with Crippen LogP contribution in [0.25, 0.3) is 0 Å². The number of benzene rings is 4. The van der Waals surface area contributed by atoms with Crippen LogP contribution < -0.4 is 20.7 Å². The Bertz CT molecular complexity index is 2220. The average Bonchev–Trinajstić information content (AvgIpc) is 3.72. The van der Waals surface area contributed by atoms with Crippen molar-refractivity contribution in [3.63, 3.8) is 0 Å². The largest absolute Gasteiger partial charge is 0.497 e. The summed E-state index contributed by atoms with van der Waals surface area (Å²) < 4.78 is 26.8. The minimum Gasteiger partial charge on any atom is -0.497 e. The van der Waals surface area contributed by atoms with Crippen LogP contribution in [0.1, 0.15) is 74.9 Å². The molecule has 12 nitrogen and oxygen atoms in total. The number of amides is 2. The first-order chi connectivity index (χ1) is 27.2.